The van der Waals surface area contributed by atoms with Gasteiger partial charge in [-0.15, -0.1) is 0 Å². The summed E-state index contributed by atoms with van der Waals surface area (Å²) >= 11 is 12.7. The zero-order valence-corrected chi connectivity index (χ0v) is 25.6. The third-order valence-corrected chi connectivity index (χ3v) is 9.67. The van der Waals surface area contributed by atoms with E-state index in [1.165, 1.54) is 29.2 Å². The van der Waals surface area contributed by atoms with Crippen molar-refractivity contribution < 1.29 is 18.0 Å². The van der Waals surface area contributed by atoms with Crippen LogP contribution in [0.5, 0.6) is 0 Å². The maximum absolute atomic E-state index is 14.1. The number of nitrogens with zero attached hydrogens (tertiary/aromatic N) is 2. The first-order valence-electron chi connectivity index (χ1n) is 13.7. The Morgan fingerprint density at radius 2 is 1.66 bits per heavy atom. The molecule has 3 aromatic carbocycles. The predicted octanol–water partition coefficient (Wildman–Crippen LogP) is 6.36. The molecule has 0 unspecified atom stereocenters. The highest BCUT2D eigenvalue weighted by Crippen LogP contribution is 2.33. The number of carbonyl (C=O) groups excluding carboxylic acids is 2. The van der Waals surface area contributed by atoms with E-state index >= 15 is 0 Å². The summed E-state index contributed by atoms with van der Waals surface area (Å²) in [6.45, 7) is 3.17. The van der Waals surface area contributed by atoms with Crippen molar-refractivity contribution in [2.45, 2.75) is 69.5 Å². The van der Waals surface area contributed by atoms with Gasteiger partial charge in [-0.2, -0.15) is 0 Å². The van der Waals surface area contributed by atoms with Crippen molar-refractivity contribution in [2.75, 3.05) is 10.8 Å². The van der Waals surface area contributed by atoms with Crippen molar-refractivity contribution in [3.8, 4) is 0 Å². The van der Waals surface area contributed by atoms with Gasteiger partial charge in [-0.25, -0.2) is 8.42 Å². The molecule has 1 atom stereocenters. The first-order chi connectivity index (χ1) is 19.6. The molecule has 1 N–H and O–H groups in total. The number of nitrogens with one attached hydrogen (secondary N) is 1. The van der Waals surface area contributed by atoms with Crippen molar-refractivity contribution in [1.29, 1.82) is 0 Å². The average molecular weight is 617 g/mol. The van der Waals surface area contributed by atoms with Gasteiger partial charge in [-0.3, -0.25) is 13.9 Å². The minimum absolute atomic E-state index is 0.00262. The molecule has 3 aromatic rings. The van der Waals surface area contributed by atoms with Crippen molar-refractivity contribution in [3.05, 3.63) is 94.0 Å². The molecule has 0 aliphatic heterocycles. The molecule has 1 aliphatic carbocycles. The smallest absolute Gasteiger partial charge is 0.264 e. The lowest BCUT2D eigenvalue weighted by Crippen LogP contribution is -2.53. The normalized spacial score (nSPS) is 14.7. The Bertz CT molecular complexity index is 1480. The van der Waals surface area contributed by atoms with Gasteiger partial charge in [0.05, 0.1) is 15.6 Å². The van der Waals surface area contributed by atoms with Gasteiger partial charge in [-0.1, -0.05) is 90.5 Å². The minimum Gasteiger partial charge on any atom is -0.352 e. The molecule has 41 heavy (non-hydrogen) atoms. The van der Waals surface area contributed by atoms with Crippen LogP contribution in [0, 0.1) is 6.92 Å². The van der Waals surface area contributed by atoms with Gasteiger partial charge in [0.25, 0.3) is 10.0 Å². The summed E-state index contributed by atoms with van der Waals surface area (Å²) in [6.07, 6.45) is 5.06. The van der Waals surface area contributed by atoms with E-state index in [9.17, 15) is 18.0 Å². The summed E-state index contributed by atoms with van der Waals surface area (Å²) in [6, 6.07) is 19.2. The molecule has 10 heteroatoms. The zero-order chi connectivity index (χ0) is 29.6. The Morgan fingerprint density at radius 3 is 2.34 bits per heavy atom. The summed E-state index contributed by atoms with van der Waals surface area (Å²) in [5.41, 5.74) is 1.91. The van der Waals surface area contributed by atoms with E-state index in [1.54, 1.807) is 31.2 Å². The maximum atomic E-state index is 14.1. The van der Waals surface area contributed by atoms with Crippen LogP contribution in [-0.4, -0.2) is 43.8 Å². The second-order valence-electron chi connectivity index (χ2n) is 10.5. The van der Waals surface area contributed by atoms with Gasteiger partial charge in [-0.05, 0) is 62.6 Å². The molecule has 1 fully saturated rings. The van der Waals surface area contributed by atoms with Crippen molar-refractivity contribution in [3.63, 3.8) is 0 Å². The molecule has 1 aliphatic rings. The van der Waals surface area contributed by atoms with Crippen LogP contribution in [-0.2, 0) is 26.2 Å². The Labute approximate surface area is 252 Å². The zero-order valence-electron chi connectivity index (χ0n) is 23.2. The van der Waals surface area contributed by atoms with Gasteiger partial charge in [0.2, 0.25) is 11.8 Å². The van der Waals surface area contributed by atoms with Crippen LogP contribution in [0.3, 0.4) is 0 Å². The predicted molar refractivity (Wildman–Crippen MR) is 164 cm³/mol. The number of aryl methyl sites for hydroxylation is 1. The molecule has 1 saturated carbocycles. The van der Waals surface area contributed by atoms with Gasteiger partial charge in [0, 0.05) is 17.6 Å². The highest BCUT2D eigenvalue weighted by atomic mass is 35.5. The van der Waals surface area contributed by atoms with E-state index in [0.29, 0.717) is 0 Å². The molecule has 0 saturated heterocycles. The molecule has 0 heterocycles. The fourth-order valence-corrected chi connectivity index (χ4v) is 6.95. The van der Waals surface area contributed by atoms with Gasteiger partial charge < -0.3 is 10.2 Å². The second kappa shape index (κ2) is 13.7. The highest BCUT2D eigenvalue weighted by molar-refractivity contribution is 7.92. The van der Waals surface area contributed by atoms with Gasteiger partial charge >= 0.3 is 0 Å². The number of hydrogen-bond donors (Lipinski definition) is 1. The first-order valence-corrected chi connectivity index (χ1v) is 15.9. The summed E-state index contributed by atoms with van der Waals surface area (Å²) in [5.74, 6) is -0.815. The first kappa shape index (κ1) is 30.9. The number of benzene rings is 3. The maximum Gasteiger partial charge on any atom is 0.264 e. The molecule has 0 bridgehead atoms. The topological polar surface area (TPSA) is 86.8 Å². The molecule has 218 valence electrons. The SMILES string of the molecule is Cc1cccc(CN(C(=O)CN(c2cc(Cl)ccc2Cl)S(=O)(=O)c2ccccc2)[C@@H](C)C(=O)NC2CCCCC2)c1. The Balaban J connectivity index is 1.70. The fraction of sp³-hybridized carbons (Fsp3) is 0.355. The Hall–Kier alpha value is -3.07. The molecule has 4 rings (SSSR count). The number of carbonyl (C=O) groups is 2. The number of rotatable bonds is 10. The van der Waals surface area contributed by atoms with Crippen LogP contribution in [0.25, 0.3) is 0 Å². The van der Waals surface area contributed by atoms with Gasteiger partial charge in [0.15, 0.2) is 0 Å². The lowest BCUT2D eigenvalue weighted by Gasteiger charge is -2.33. The lowest BCUT2D eigenvalue weighted by molar-refractivity contribution is -0.139. The summed E-state index contributed by atoms with van der Waals surface area (Å²) in [4.78, 5) is 28.9. The second-order valence-corrected chi connectivity index (χ2v) is 13.2. The molecule has 0 spiro atoms. The third kappa shape index (κ3) is 7.82. The minimum atomic E-state index is -4.23. The standard InChI is InChI=1S/C31H35Cl2N3O4S/c1-22-10-9-11-24(18-22)20-35(23(2)31(38)34-26-12-5-3-6-13-26)30(37)21-36(29-19-25(32)16-17-28(29)33)41(39,40)27-14-7-4-8-15-27/h4,7-11,14-19,23,26H,3,5-6,12-13,20-21H2,1-2H3,(H,34,38)/t23-/m0/s1. The number of halogens is 2. The van der Waals surface area contributed by atoms with E-state index in [2.05, 4.69) is 5.32 Å². The number of hydrogen-bond acceptors (Lipinski definition) is 4. The van der Waals surface area contributed by atoms with Crippen LogP contribution in [0.15, 0.2) is 77.7 Å². The third-order valence-electron chi connectivity index (χ3n) is 7.34. The van der Waals surface area contributed by atoms with E-state index in [0.717, 1.165) is 47.5 Å². The Kier molecular flexibility index (Phi) is 10.3. The molecular weight excluding hydrogens is 581 g/mol. The number of sulfonamides is 1. The fourth-order valence-electron chi connectivity index (χ4n) is 5.07. The van der Waals surface area contributed by atoms with Crippen LogP contribution >= 0.6 is 23.2 Å². The van der Waals surface area contributed by atoms with Crippen LogP contribution in [0.4, 0.5) is 5.69 Å². The molecular formula is C31H35Cl2N3O4S. The van der Waals surface area contributed by atoms with E-state index < -0.39 is 28.5 Å². The van der Waals surface area contributed by atoms with E-state index in [1.807, 2.05) is 31.2 Å². The van der Waals surface area contributed by atoms with E-state index in [-0.39, 0.29) is 39.1 Å². The summed E-state index contributed by atoms with van der Waals surface area (Å²) in [7, 11) is -4.23. The summed E-state index contributed by atoms with van der Waals surface area (Å²) < 4.78 is 28.8. The molecule has 2 amide bonds. The average Bonchev–Trinajstić information content (AvgIpc) is 2.96. The number of amides is 2. The van der Waals surface area contributed by atoms with Gasteiger partial charge in [0.1, 0.15) is 12.6 Å². The quantitative estimate of drug-likeness (QED) is 0.287. The van der Waals surface area contributed by atoms with Crippen molar-refractivity contribution >= 4 is 50.7 Å². The largest absolute Gasteiger partial charge is 0.352 e. The summed E-state index contributed by atoms with van der Waals surface area (Å²) in [5, 5.41) is 3.49. The molecule has 0 aromatic heterocycles. The van der Waals surface area contributed by atoms with Crippen LogP contribution < -0.4 is 9.62 Å². The van der Waals surface area contributed by atoms with Crippen molar-refractivity contribution in [1.82, 2.24) is 10.2 Å². The lowest BCUT2D eigenvalue weighted by atomic mass is 9.95. The Morgan fingerprint density at radius 1 is 0.951 bits per heavy atom. The van der Waals surface area contributed by atoms with Crippen LogP contribution in [0.2, 0.25) is 10.0 Å². The van der Waals surface area contributed by atoms with Crippen LogP contribution in [0.1, 0.15) is 50.2 Å². The highest BCUT2D eigenvalue weighted by Gasteiger charge is 2.34. The molecule has 7 nitrogen and oxygen atoms in total. The van der Waals surface area contributed by atoms with Crippen molar-refractivity contribution in [2.24, 2.45) is 0 Å². The molecule has 0 radical (unpaired) electrons. The monoisotopic (exact) mass is 615 g/mol. The van der Waals surface area contributed by atoms with E-state index in [4.69, 9.17) is 23.2 Å². The number of anilines is 1.